The highest BCUT2D eigenvalue weighted by molar-refractivity contribution is 6.22. The van der Waals surface area contributed by atoms with Crippen LogP contribution in [-0.2, 0) is 0 Å². The van der Waals surface area contributed by atoms with E-state index in [-0.39, 0.29) is 0 Å². The van der Waals surface area contributed by atoms with Crippen molar-refractivity contribution in [3.05, 3.63) is 209 Å². The lowest BCUT2D eigenvalue weighted by Crippen LogP contribution is -2.28. The standard InChI is InChI=1S/C53H31N5O3/c59-52-43-30-42-37-20-10-12-22-44(37)57(36-26-24-34(25-27-36)51-55-49(32-14-4-1-5-15-32)54-50(56-51)33-16-6-2-7-17-33)45(42)31-41(43)39-28-29-40-38-21-11-13-23-46(38)61-48(40)47(39)53(60)58(52)35-18-8-3-9-19-35/h1-31H. The summed E-state index contributed by atoms with van der Waals surface area (Å²) < 4.78 is 9.97. The van der Waals surface area contributed by atoms with E-state index in [1.54, 1.807) is 12.1 Å². The average molecular weight is 786 g/mol. The quantitative estimate of drug-likeness (QED) is 0.172. The van der Waals surface area contributed by atoms with Crippen LogP contribution in [0.1, 0.15) is 0 Å². The van der Waals surface area contributed by atoms with Gasteiger partial charge in [0.05, 0.1) is 22.1 Å². The molecule has 0 saturated heterocycles. The van der Waals surface area contributed by atoms with Gasteiger partial charge >= 0.3 is 0 Å². The van der Waals surface area contributed by atoms with Crippen LogP contribution in [0.15, 0.2) is 202 Å². The third-order valence-electron chi connectivity index (χ3n) is 11.6. The van der Waals surface area contributed by atoms with Crippen LogP contribution in [0.25, 0.3) is 111 Å². The normalized spacial score (nSPS) is 11.7. The molecule has 0 radical (unpaired) electrons. The predicted octanol–water partition coefficient (Wildman–Crippen LogP) is 11.7. The van der Waals surface area contributed by atoms with E-state index in [2.05, 4.69) is 34.9 Å². The summed E-state index contributed by atoms with van der Waals surface area (Å²) in [6, 6.07) is 61.1. The Kier molecular flexibility index (Phi) is 7.67. The van der Waals surface area contributed by atoms with Gasteiger partial charge in [0.1, 0.15) is 11.2 Å². The molecule has 0 aliphatic rings. The van der Waals surface area contributed by atoms with Crippen molar-refractivity contribution in [2.24, 2.45) is 0 Å². The second-order valence-electron chi connectivity index (χ2n) is 15.1. The molecule has 12 rings (SSSR count). The van der Waals surface area contributed by atoms with Crippen molar-refractivity contribution in [1.29, 1.82) is 0 Å². The summed E-state index contributed by atoms with van der Waals surface area (Å²) in [5, 5.41) is 5.63. The van der Waals surface area contributed by atoms with Crippen molar-refractivity contribution in [2.45, 2.75) is 0 Å². The molecule has 0 N–H and O–H groups in total. The van der Waals surface area contributed by atoms with Gasteiger partial charge in [0.2, 0.25) is 0 Å². The van der Waals surface area contributed by atoms with Crippen molar-refractivity contribution in [3.63, 3.8) is 0 Å². The molecule has 0 saturated carbocycles. The Balaban J connectivity index is 1.11. The van der Waals surface area contributed by atoms with Gasteiger partial charge in [-0.25, -0.2) is 19.5 Å². The number of para-hydroxylation sites is 3. The Labute approximate surface area is 346 Å². The molecule has 0 fully saturated rings. The minimum Gasteiger partial charge on any atom is -0.455 e. The molecular weight excluding hydrogens is 755 g/mol. The van der Waals surface area contributed by atoms with Crippen LogP contribution in [0.3, 0.4) is 0 Å². The fraction of sp³-hybridized carbons (Fsp3) is 0. The van der Waals surface area contributed by atoms with Crippen molar-refractivity contribution in [3.8, 4) is 45.5 Å². The lowest BCUT2D eigenvalue weighted by Gasteiger charge is -2.11. The van der Waals surface area contributed by atoms with Gasteiger partial charge in [-0.15, -0.1) is 0 Å². The molecule has 0 unspecified atom stereocenters. The average Bonchev–Trinajstić information content (AvgIpc) is 3.84. The minimum absolute atomic E-state index is 0.345. The lowest BCUT2D eigenvalue weighted by atomic mass is 10.0. The number of furan rings is 1. The Morgan fingerprint density at radius 1 is 0.361 bits per heavy atom. The molecule has 0 amide bonds. The number of fused-ring (bicyclic) bond motifs is 10. The van der Waals surface area contributed by atoms with E-state index in [1.807, 2.05) is 146 Å². The predicted molar refractivity (Wildman–Crippen MR) is 245 cm³/mol. The molecule has 0 aliphatic carbocycles. The largest absolute Gasteiger partial charge is 0.455 e. The summed E-state index contributed by atoms with van der Waals surface area (Å²) in [6.45, 7) is 0. The van der Waals surface area contributed by atoms with Crippen molar-refractivity contribution >= 4 is 65.3 Å². The van der Waals surface area contributed by atoms with Crippen molar-refractivity contribution < 1.29 is 4.42 Å². The first kappa shape index (κ1) is 34.5. The number of nitrogens with zero attached hydrogens (tertiary/aromatic N) is 5. The molecule has 4 heterocycles. The highest BCUT2D eigenvalue weighted by atomic mass is 16.3. The third kappa shape index (κ3) is 5.43. The fourth-order valence-electron chi connectivity index (χ4n) is 8.75. The van der Waals surface area contributed by atoms with Gasteiger partial charge in [0.25, 0.3) is 11.1 Å². The first-order chi connectivity index (χ1) is 30.1. The van der Waals surface area contributed by atoms with Crippen LogP contribution in [0.5, 0.6) is 0 Å². The summed E-state index contributed by atoms with van der Waals surface area (Å²) in [5.74, 6) is 1.75. The van der Waals surface area contributed by atoms with Crippen molar-refractivity contribution in [2.75, 3.05) is 0 Å². The highest BCUT2D eigenvalue weighted by Gasteiger charge is 2.22. The first-order valence-corrected chi connectivity index (χ1v) is 20.0. The summed E-state index contributed by atoms with van der Waals surface area (Å²) in [7, 11) is 0. The number of benzene rings is 8. The SMILES string of the molecule is O=c1c2cc3c4ccccc4n(-c4ccc(-c5nc(-c6ccccc6)nc(-c6ccccc6)n5)cc4)c3cc2c2ccc3c4ccccc4oc3c2c(=O)n1-c1ccccc1. The molecule has 0 aliphatic heterocycles. The summed E-state index contributed by atoms with van der Waals surface area (Å²) in [6.07, 6.45) is 0. The Morgan fingerprint density at radius 3 is 1.57 bits per heavy atom. The summed E-state index contributed by atoms with van der Waals surface area (Å²) in [5.41, 5.74) is 6.16. The Hall–Kier alpha value is -8.49. The number of aromatic nitrogens is 5. The van der Waals surface area contributed by atoms with Crippen LogP contribution in [0.2, 0.25) is 0 Å². The molecule has 0 bridgehead atoms. The maximum Gasteiger partial charge on any atom is 0.269 e. The molecular formula is C53H31N5O3. The molecule has 286 valence electrons. The van der Waals surface area contributed by atoms with Crippen LogP contribution in [0.4, 0.5) is 0 Å². The van der Waals surface area contributed by atoms with Crippen LogP contribution >= 0.6 is 0 Å². The topological polar surface area (TPSA) is 95.8 Å². The van der Waals surface area contributed by atoms with E-state index in [0.717, 1.165) is 55.0 Å². The van der Waals surface area contributed by atoms with Gasteiger partial charge < -0.3 is 8.98 Å². The second kappa shape index (κ2) is 13.5. The van der Waals surface area contributed by atoms with E-state index in [9.17, 15) is 9.59 Å². The molecule has 8 nitrogen and oxygen atoms in total. The molecule has 0 spiro atoms. The zero-order chi connectivity index (χ0) is 40.6. The zero-order valence-electron chi connectivity index (χ0n) is 32.4. The molecule has 8 heteroatoms. The van der Waals surface area contributed by atoms with E-state index in [1.165, 1.54) is 4.57 Å². The van der Waals surface area contributed by atoms with Crippen LogP contribution < -0.4 is 11.1 Å². The third-order valence-corrected chi connectivity index (χ3v) is 11.6. The van der Waals surface area contributed by atoms with E-state index in [0.29, 0.717) is 55.9 Å². The lowest BCUT2D eigenvalue weighted by molar-refractivity contribution is 0.672. The maximum absolute atomic E-state index is 14.9. The minimum atomic E-state index is -0.441. The van der Waals surface area contributed by atoms with Gasteiger partial charge in [-0.05, 0) is 77.5 Å². The summed E-state index contributed by atoms with van der Waals surface area (Å²) >= 11 is 0. The number of hydrogen-bond donors (Lipinski definition) is 0. The van der Waals surface area contributed by atoms with Gasteiger partial charge in [0.15, 0.2) is 17.5 Å². The molecule has 0 atom stereocenters. The van der Waals surface area contributed by atoms with Gasteiger partial charge in [-0.3, -0.25) is 9.59 Å². The monoisotopic (exact) mass is 785 g/mol. The van der Waals surface area contributed by atoms with Gasteiger partial charge in [0, 0.05) is 49.3 Å². The van der Waals surface area contributed by atoms with Gasteiger partial charge in [-0.1, -0.05) is 121 Å². The molecule has 4 aromatic heterocycles. The zero-order valence-corrected chi connectivity index (χ0v) is 32.4. The second-order valence-corrected chi connectivity index (χ2v) is 15.1. The van der Waals surface area contributed by atoms with Crippen LogP contribution in [0, 0.1) is 0 Å². The van der Waals surface area contributed by atoms with E-state index < -0.39 is 11.1 Å². The fourth-order valence-corrected chi connectivity index (χ4v) is 8.75. The Bertz CT molecular complexity index is 3780. The molecule has 8 aromatic carbocycles. The number of rotatable bonds is 5. The Morgan fingerprint density at radius 2 is 0.902 bits per heavy atom. The first-order valence-electron chi connectivity index (χ1n) is 20.0. The highest BCUT2D eigenvalue weighted by Crippen LogP contribution is 2.39. The smallest absolute Gasteiger partial charge is 0.269 e. The number of hydrogen-bond acceptors (Lipinski definition) is 6. The van der Waals surface area contributed by atoms with Gasteiger partial charge in [-0.2, -0.15) is 0 Å². The maximum atomic E-state index is 14.9. The van der Waals surface area contributed by atoms with Crippen LogP contribution in [-0.4, -0.2) is 24.1 Å². The van der Waals surface area contributed by atoms with E-state index >= 15 is 0 Å². The van der Waals surface area contributed by atoms with Crippen molar-refractivity contribution in [1.82, 2.24) is 24.1 Å². The van der Waals surface area contributed by atoms with E-state index in [4.69, 9.17) is 19.4 Å². The molecule has 61 heavy (non-hydrogen) atoms. The summed E-state index contributed by atoms with van der Waals surface area (Å²) in [4.78, 5) is 44.6. The molecule has 12 aromatic rings.